The van der Waals surface area contributed by atoms with Gasteiger partial charge in [0, 0.05) is 32.6 Å². The first kappa shape index (κ1) is 16.3. The number of carbonyl (C=O) groups excluding carboxylic acids is 1. The minimum Gasteiger partial charge on any atom is -0.481 e. The van der Waals surface area contributed by atoms with Crippen LogP contribution < -0.4 is 0 Å². The van der Waals surface area contributed by atoms with Crippen LogP contribution in [0, 0.1) is 5.41 Å². The second-order valence-corrected chi connectivity index (χ2v) is 6.55. The van der Waals surface area contributed by atoms with Crippen molar-refractivity contribution in [3.8, 4) is 0 Å². The third-order valence-corrected chi connectivity index (χ3v) is 4.94. The molecule has 2 heterocycles. The molecule has 5 heteroatoms. The van der Waals surface area contributed by atoms with Crippen molar-refractivity contribution in [3.63, 3.8) is 0 Å². The van der Waals surface area contributed by atoms with Gasteiger partial charge >= 0.3 is 5.97 Å². The largest absolute Gasteiger partial charge is 0.481 e. The van der Waals surface area contributed by atoms with Crippen molar-refractivity contribution in [1.82, 2.24) is 9.80 Å². The number of carbonyl (C=O) groups is 2. The van der Waals surface area contributed by atoms with Gasteiger partial charge in [-0.25, -0.2) is 0 Å². The lowest BCUT2D eigenvalue weighted by Gasteiger charge is -2.40. The topological polar surface area (TPSA) is 60.9 Å². The number of likely N-dealkylation sites (tertiary alicyclic amines) is 2. The molecule has 2 rings (SSSR count). The number of aliphatic carboxylic acids is 1. The fraction of sp³-hybridized carbons (Fsp3) is 0.875. The highest BCUT2D eigenvalue weighted by Crippen LogP contribution is 2.35. The zero-order chi connectivity index (χ0) is 15.3. The third-order valence-electron chi connectivity index (χ3n) is 4.94. The van der Waals surface area contributed by atoms with E-state index in [1.807, 2.05) is 11.8 Å². The Morgan fingerprint density at radius 1 is 1.14 bits per heavy atom. The summed E-state index contributed by atoms with van der Waals surface area (Å²) in [5, 5.41) is 9.59. The number of rotatable bonds is 6. The van der Waals surface area contributed by atoms with Gasteiger partial charge in [0.15, 0.2) is 0 Å². The van der Waals surface area contributed by atoms with Crippen LogP contribution in [0.1, 0.15) is 51.9 Å². The van der Waals surface area contributed by atoms with E-state index < -0.39 is 11.4 Å². The van der Waals surface area contributed by atoms with Gasteiger partial charge in [-0.05, 0) is 38.6 Å². The van der Waals surface area contributed by atoms with E-state index in [0.717, 1.165) is 58.2 Å². The number of piperidine rings is 1. The first-order valence-electron chi connectivity index (χ1n) is 8.31. The normalized spacial score (nSPS) is 27.0. The summed E-state index contributed by atoms with van der Waals surface area (Å²) < 4.78 is 0. The molecule has 21 heavy (non-hydrogen) atoms. The Hall–Kier alpha value is -1.10. The molecule has 1 atom stereocenters. The molecule has 2 saturated heterocycles. The molecule has 0 aromatic carbocycles. The van der Waals surface area contributed by atoms with Crippen LogP contribution >= 0.6 is 0 Å². The van der Waals surface area contributed by atoms with Crippen molar-refractivity contribution in [2.24, 2.45) is 5.41 Å². The van der Waals surface area contributed by atoms with E-state index in [2.05, 4.69) is 4.90 Å². The lowest BCUT2D eigenvalue weighted by atomic mass is 9.76. The van der Waals surface area contributed by atoms with Gasteiger partial charge in [0.05, 0.1) is 5.41 Å². The van der Waals surface area contributed by atoms with E-state index in [9.17, 15) is 14.7 Å². The van der Waals surface area contributed by atoms with Crippen LogP contribution in [0.15, 0.2) is 0 Å². The molecular formula is C16H28N2O3. The average molecular weight is 296 g/mol. The monoisotopic (exact) mass is 296 g/mol. The Bertz CT molecular complexity index is 376. The summed E-state index contributed by atoms with van der Waals surface area (Å²) in [6.45, 7) is 6.06. The van der Waals surface area contributed by atoms with Crippen molar-refractivity contribution < 1.29 is 14.7 Å². The summed E-state index contributed by atoms with van der Waals surface area (Å²) in [4.78, 5) is 27.9. The second-order valence-electron chi connectivity index (χ2n) is 6.55. The quantitative estimate of drug-likeness (QED) is 0.814. The molecule has 1 amide bonds. The molecule has 2 aliphatic heterocycles. The number of hydrogen-bond donors (Lipinski definition) is 1. The molecule has 1 N–H and O–H groups in total. The van der Waals surface area contributed by atoms with Crippen LogP contribution in [-0.2, 0) is 9.59 Å². The van der Waals surface area contributed by atoms with Crippen molar-refractivity contribution in [2.75, 3.05) is 32.7 Å². The van der Waals surface area contributed by atoms with Gasteiger partial charge in [0.2, 0.25) is 5.91 Å². The minimum absolute atomic E-state index is 0.231. The van der Waals surface area contributed by atoms with E-state index >= 15 is 0 Å². The zero-order valence-electron chi connectivity index (χ0n) is 13.1. The maximum atomic E-state index is 12.1. The molecule has 0 bridgehead atoms. The van der Waals surface area contributed by atoms with Gasteiger partial charge in [0.1, 0.15) is 0 Å². The first-order chi connectivity index (χ1) is 10.1. The Balaban J connectivity index is 1.85. The predicted octanol–water partition coefficient (Wildman–Crippen LogP) is 1.97. The van der Waals surface area contributed by atoms with E-state index in [-0.39, 0.29) is 5.91 Å². The van der Waals surface area contributed by atoms with Crippen molar-refractivity contribution in [2.45, 2.75) is 51.9 Å². The number of hydrogen-bond acceptors (Lipinski definition) is 3. The molecule has 2 fully saturated rings. The van der Waals surface area contributed by atoms with Gasteiger partial charge in [-0.2, -0.15) is 0 Å². The molecule has 0 aromatic rings. The molecule has 0 unspecified atom stereocenters. The molecule has 0 saturated carbocycles. The fourth-order valence-corrected chi connectivity index (χ4v) is 3.76. The standard InChI is InChI=1S/C16H28N2O3/c1-2-7-16(15(20)21)8-5-9-17(13-16)12-6-14(19)18-10-3-4-11-18/h2-13H2,1H3,(H,20,21)/t16-/m0/s1. The van der Waals surface area contributed by atoms with Crippen molar-refractivity contribution in [1.29, 1.82) is 0 Å². The Labute approximate surface area is 127 Å². The number of carboxylic acid groups (broad SMARTS) is 1. The van der Waals surface area contributed by atoms with Crippen LogP contribution in [0.5, 0.6) is 0 Å². The minimum atomic E-state index is -0.667. The fourth-order valence-electron chi connectivity index (χ4n) is 3.76. The lowest BCUT2D eigenvalue weighted by Crippen LogP contribution is -2.48. The van der Waals surface area contributed by atoms with Gasteiger partial charge in [-0.3, -0.25) is 9.59 Å². The highest BCUT2D eigenvalue weighted by Gasteiger charge is 2.41. The van der Waals surface area contributed by atoms with Crippen LogP contribution in [0.4, 0.5) is 0 Å². The summed E-state index contributed by atoms with van der Waals surface area (Å²) in [6.07, 6.45) is 6.09. The zero-order valence-corrected chi connectivity index (χ0v) is 13.1. The maximum absolute atomic E-state index is 12.1. The van der Waals surface area contributed by atoms with E-state index in [0.29, 0.717) is 19.5 Å². The van der Waals surface area contributed by atoms with Gasteiger partial charge < -0.3 is 14.9 Å². The smallest absolute Gasteiger partial charge is 0.310 e. The number of nitrogens with zero attached hydrogens (tertiary/aromatic N) is 2. The van der Waals surface area contributed by atoms with Crippen LogP contribution in [0.3, 0.4) is 0 Å². The average Bonchev–Trinajstić information content (AvgIpc) is 2.99. The Morgan fingerprint density at radius 2 is 1.86 bits per heavy atom. The third kappa shape index (κ3) is 3.96. The summed E-state index contributed by atoms with van der Waals surface area (Å²) in [6, 6.07) is 0. The summed E-state index contributed by atoms with van der Waals surface area (Å²) in [5.41, 5.74) is -0.594. The summed E-state index contributed by atoms with van der Waals surface area (Å²) >= 11 is 0. The van der Waals surface area contributed by atoms with Gasteiger partial charge in [-0.1, -0.05) is 13.3 Å². The molecule has 0 radical (unpaired) electrons. The molecule has 0 spiro atoms. The van der Waals surface area contributed by atoms with Crippen LogP contribution in [0.25, 0.3) is 0 Å². The molecule has 0 aromatic heterocycles. The predicted molar refractivity (Wildman–Crippen MR) is 81.1 cm³/mol. The first-order valence-corrected chi connectivity index (χ1v) is 8.31. The van der Waals surface area contributed by atoms with Crippen molar-refractivity contribution in [3.05, 3.63) is 0 Å². The molecular weight excluding hydrogens is 268 g/mol. The Kier molecular flexibility index (Phi) is 5.62. The summed E-state index contributed by atoms with van der Waals surface area (Å²) in [5.74, 6) is -0.436. The molecule has 0 aliphatic carbocycles. The molecule has 5 nitrogen and oxygen atoms in total. The SMILES string of the molecule is CCC[C@]1(C(=O)O)CCCN(CCC(=O)N2CCCC2)C1. The highest BCUT2D eigenvalue weighted by molar-refractivity contribution is 5.77. The van der Waals surface area contributed by atoms with E-state index in [1.54, 1.807) is 0 Å². The summed E-state index contributed by atoms with van der Waals surface area (Å²) in [7, 11) is 0. The van der Waals surface area contributed by atoms with Crippen LogP contribution in [-0.4, -0.2) is 59.5 Å². The van der Waals surface area contributed by atoms with Gasteiger partial charge in [0.25, 0.3) is 0 Å². The van der Waals surface area contributed by atoms with E-state index in [4.69, 9.17) is 0 Å². The van der Waals surface area contributed by atoms with Crippen molar-refractivity contribution >= 4 is 11.9 Å². The second kappa shape index (κ2) is 7.25. The molecule has 120 valence electrons. The number of amides is 1. The lowest BCUT2D eigenvalue weighted by molar-refractivity contribution is -0.153. The number of carboxylic acids is 1. The van der Waals surface area contributed by atoms with E-state index in [1.165, 1.54) is 0 Å². The maximum Gasteiger partial charge on any atom is 0.310 e. The van der Waals surface area contributed by atoms with Gasteiger partial charge in [-0.15, -0.1) is 0 Å². The highest BCUT2D eigenvalue weighted by atomic mass is 16.4. The van der Waals surface area contributed by atoms with Crippen LogP contribution in [0.2, 0.25) is 0 Å². The Morgan fingerprint density at radius 3 is 2.48 bits per heavy atom. The molecule has 2 aliphatic rings.